The van der Waals surface area contributed by atoms with Gasteiger partial charge in [-0.05, 0) is 66.6 Å². The fourth-order valence-electron chi connectivity index (χ4n) is 5.03. The van der Waals surface area contributed by atoms with Crippen molar-refractivity contribution in [3.05, 3.63) is 63.8 Å². The third-order valence-corrected chi connectivity index (χ3v) is 8.13. The van der Waals surface area contributed by atoms with Crippen molar-refractivity contribution in [1.82, 2.24) is 9.47 Å². The van der Waals surface area contributed by atoms with E-state index >= 15 is 0 Å². The average Bonchev–Trinajstić information content (AvgIpc) is 3.37. The molecule has 36 heavy (non-hydrogen) atoms. The van der Waals surface area contributed by atoms with Gasteiger partial charge in [0.2, 0.25) is 5.91 Å². The van der Waals surface area contributed by atoms with E-state index in [2.05, 4.69) is 70.7 Å². The molecule has 2 aromatic carbocycles. The van der Waals surface area contributed by atoms with Gasteiger partial charge in [0.25, 0.3) is 0 Å². The largest absolute Gasteiger partial charge is 0.497 e. The first-order valence-corrected chi connectivity index (χ1v) is 13.3. The summed E-state index contributed by atoms with van der Waals surface area (Å²) in [5.41, 5.74) is 4.73. The molecule has 0 saturated carbocycles. The van der Waals surface area contributed by atoms with Crippen molar-refractivity contribution in [3.63, 3.8) is 0 Å². The van der Waals surface area contributed by atoms with Gasteiger partial charge in [-0.1, -0.05) is 55.8 Å². The van der Waals surface area contributed by atoms with E-state index in [1.54, 1.807) is 7.11 Å². The molecule has 7 heteroatoms. The quantitative estimate of drug-likeness (QED) is 0.315. The maximum absolute atomic E-state index is 13.4. The van der Waals surface area contributed by atoms with Crippen molar-refractivity contribution in [2.75, 3.05) is 13.7 Å². The minimum atomic E-state index is -0.523. The summed E-state index contributed by atoms with van der Waals surface area (Å²) >= 11 is 3.52. The van der Waals surface area contributed by atoms with Gasteiger partial charge >= 0.3 is 6.09 Å². The van der Waals surface area contributed by atoms with Gasteiger partial charge in [-0.2, -0.15) is 0 Å². The Kier molecular flexibility index (Phi) is 7.79. The van der Waals surface area contributed by atoms with E-state index in [4.69, 9.17) is 9.47 Å². The number of hydrogen-bond acceptors (Lipinski definition) is 4. The van der Waals surface area contributed by atoms with Crippen molar-refractivity contribution in [2.45, 2.75) is 53.6 Å². The molecular formula is C29H35BrN2O4. The lowest BCUT2D eigenvalue weighted by molar-refractivity contribution is -0.135. The predicted octanol–water partition coefficient (Wildman–Crippen LogP) is 6.59. The smallest absolute Gasteiger partial charge is 0.416 e. The number of fused-ring (bicyclic) bond motifs is 1. The zero-order valence-electron chi connectivity index (χ0n) is 21.9. The SMILES string of the molecule is COc1ccc2c(c1)c(C[C@H](C)[C@@H](C)C(=O)N1C(=O)OC[C@H]1C(C)C)c(C)n2Cc1ccc(Br)cc1. The van der Waals surface area contributed by atoms with Crippen molar-refractivity contribution in [1.29, 1.82) is 0 Å². The van der Waals surface area contributed by atoms with Crippen LogP contribution < -0.4 is 4.74 Å². The molecule has 1 aliphatic rings. The molecule has 0 radical (unpaired) electrons. The molecule has 4 rings (SSSR count). The van der Waals surface area contributed by atoms with Gasteiger partial charge in [0.1, 0.15) is 12.4 Å². The minimum absolute atomic E-state index is 0.0235. The molecule has 0 bridgehead atoms. The number of halogens is 1. The highest BCUT2D eigenvalue weighted by atomic mass is 79.9. The molecule has 3 atom stereocenters. The van der Waals surface area contributed by atoms with Crippen LogP contribution in [0.1, 0.15) is 44.5 Å². The summed E-state index contributed by atoms with van der Waals surface area (Å²) in [6.07, 6.45) is 0.190. The summed E-state index contributed by atoms with van der Waals surface area (Å²) in [6.45, 7) is 11.2. The number of cyclic esters (lactones) is 1. The molecule has 2 heterocycles. The first kappa shape index (κ1) is 26.3. The maximum Gasteiger partial charge on any atom is 0.416 e. The van der Waals surface area contributed by atoms with E-state index < -0.39 is 6.09 Å². The molecule has 1 saturated heterocycles. The van der Waals surface area contributed by atoms with Crippen LogP contribution in [0, 0.1) is 24.7 Å². The summed E-state index contributed by atoms with van der Waals surface area (Å²) in [5, 5.41) is 1.14. The maximum atomic E-state index is 13.4. The molecule has 0 spiro atoms. The fraction of sp³-hybridized carbons (Fsp3) is 0.448. The lowest BCUT2D eigenvalue weighted by Crippen LogP contribution is -2.45. The van der Waals surface area contributed by atoms with Crippen LogP contribution in [-0.2, 0) is 22.5 Å². The Morgan fingerprint density at radius 1 is 1.14 bits per heavy atom. The number of imide groups is 1. The van der Waals surface area contributed by atoms with Crippen LogP contribution in [-0.4, -0.2) is 41.2 Å². The van der Waals surface area contributed by atoms with E-state index in [-0.39, 0.29) is 36.3 Å². The Balaban J connectivity index is 1.65. The number of methoxy groups -OCH3 is 1. The Bertz CT molecular complexity index is 1260. The summed E-state index contributed by atoms with van der Waals surface area (Å²) < 4.78 is 14.1. The van der Waals surface area contributed by atoms with Crippen molar-refractivity contribution >= 4 is 38.8 Å². The number of carbonyl (C=O) groups is 2. The highest BCUT2D eigenvalue weighted by Crippen LogP contribution is 2.34. The van der Waals surface area contributed by atoms with Crippen LogP contribution in [0.2, 0.25) is 0 Å². The van der Waals surface area contributed by atoms with E-state index in [1.165, 1.54) is 21.7 Å². The topological polar surface area (TPSA) is 60.8 Å². The summed E-state index contributed by atoms with van der Waals surface area (Å²) in [5.74, 6) is 0.495. The van der Waals surface area contributed by atoms with Crippen molar-refractivity contribution < 1.29 is 19.1 Å². The molecule has 1 aromatic heterocycles. The van der Waals surface area contributed by atoms with Gasteiger partial charge in [0.15, 0.2) is 0 Å². The minimum Gasteiger partial charge on any atom is -0.497 e. The Morgan fingerprint density at radius 3 is 2.47 bits per heavy atom. The molecule has 3 aromatic rings. The zero-order valence-corrected chi connectivity index (χ0v) is 23.5. The second-order valence-electron chi connectivity index (χ2n) is 10.2. The van der Waals surface area contributed by atoms with E-state index in [1.807, 2.05) is 26.8 Å². The summed E-state index contributed by atoms with van der Waals surface area (Å²) in [6, 6.07) is 14.3. The second kappa shape index (κ2) is 10.7. The van der Waals surface area contributed by atoms with Gasteiger partial charge in [-0.15, -0.1) is 0 Å². The summed E-state index contributed by atoms with van der Waals surface area (Å²) in [7, 11) is 1.68. The lowest BCUT2D eigenvalue weighted by atomic mass is 9.87. The van der Waals surface area contributed by atoms with Crippen LogP contribution in [0.5, 0.6) is 5.75 Å². The highest BCUT2D eigenvalue weighted by Gasteiger charge is 2.42. The Labute approximate surface area is 221 Å². The first-order valence-electron chi connectivity index (χ1n) is 12.5. The number of hydrogen-bond donors (Lipinski definition) is 0. The molecular weight excluding hydrogens is 520 g/mol. The van der Waals surface area contributed by atoms with Gasteiger partial charge in [0.05, 0.1) is 13.2 Å². The van der Waals surface area contributed by atoms with Crippen LogP contribution in [0.4, 0.5) is 4.79 Å². The molecule has 1 aliphatic heterocycles. The third-order valence-electron chi connectivity index (χ3n) is 7.60. The molecule has 0 unspecified atom stereocenters. The van der Waals surface area contributed by atoms with Gasteiger partial charge in [-0.25, -0.2) is 9.69 Å². The molecule has 1 fully saturated rings. The number of carbonyl (C=O) groups excluding carboxylic acids is 2. The van der Waals surface area contributed by atoms with Gasteiger partial charge < -0.3 is 14.0 Å². The summed E-state index contributed by atoms with van der Waals surface area (Å²) in [4.78, 5) is 27.1. The molecule has 6 nitrogen and oxygen atoms in total. The molecule has 2 amide bonds. The van der Waals surface area contributed by atoms with Crippen molar-refractivity contribution in [3.8, 4) is 5.75 Å². The van der Waals surface area contributed by atoms with E-state index in [9.17, 15) is 9.59 Å². The van der Waals surface area contributed by atoms with Gasteiger partial charge in [0, 0.05) is 33.5 Å². The Morgan fingerprint density at radius 2 is 1.83 bits per heavy atom. The highest BCUT2D eigenvalue weighted by molar-refractivity contribution is 9.10. The standard InChI is InChI=1S/C29H35BrN2O4/c1-17(2)27-16-36-29(34)32(27)28(33)19(4)18(3)13-24-20(5)31(15-21-7-9-22(30)10-8-21)26-12-11-23(35-6)14-25(24)26/h7-12,14,17-19,27H,13,15-16H2,1-6H3/t18-,19+,27-/m0/s1. The van der Waals surface area contributed by atoms with Gasteiger partial charge in [-0.3, -0.25) is 4.79 Å². The van der Waals surface area contributed by atoms with Crippen LogP contribution >= 0.6 is 15.9 Å². The molecule has 0 aliphatic carbocycles. The monoisotopic (exact) mass is 554 g/mol. The fourth-order valence-corrected chi connectivity index (χ4v) is 5.30. The second-order valence-corrected chi connectivity index (χ2v) is 11.1. The van der Waals surface area contributed by atoms with E-state index in [0.29, 0.717) is 6.42 Å². The van der Waals surface area contributed by atoms with Crippen LogP contribution in [0.3, 0.4) is 0 Å². The number of nitrogens with zero attached hydrogens (tertiary/aromatic N) is 2. The average molecular weight is 556 g/mol. The molecule has 192 valence electrons. The normalized spacial score (nSPS) is 17.5. The van der Waals surface area contributed by atoms with Crippen LogP contribution in [0.15, 0.2) is 46.9 Å². The predicted molar refractivity (Wildman–Crippen MR) is 145 cm³/mol. The third kappa shape index (κ3) is 5.03. The Hall–Kier alpha value is -2.80. The first-order chi connectivity index (χ1) is 17.1. The number of amides is 2. The lowest BCUT2D eigenvalue weighted by Gasteiger charge is -2.28. The number of benzene rings is 2. The number of ether oxygens (including phenoxy) is 2. The number of aromatic nitrogens is 1. The van der Waals surface area contributed by atoms with E-state index in [0.717, 1.165) is 27.7 Å². The zero-order chi connectivity index (χ0) is 26.1. The van der Waals surface area contributed by atoms with Crippen LogP contribution in [0.25, 0.3) is 10.9 Å². The number of rotatable bonds is 8. The molecule has 0 N–H and O–H groups in total. The van der Waals surface area contributed by atoms with Crippen molar-refractivity contribution in [2.24, 2.45) is 17.8 Å².